The summed E-state index contributed by atoms with van der Waals surface area (Å²) in [5.74, 6) is 1.73. The highest BCUT2D eigenvalue weighted by atomic mass is 32.2. The second kappa shape index (κ2) is 10.7. The van der Waals surface area contributed by atoms with Gasteiger partial charge in [0, 0.05) is 37.6 Å². The molecule has 8 nitrogen and oxygen atoms in total. The maximum atomic E-state index is 12.6. The monoisotopic (exact) mass is 441 g/mol. The molecule has 0 unspecified atom stereocenters. The smallest absolute Gasteiger partial charge is 0.252 e. The molecule has 0 radical (unpaired) electrons. The van der Waals surface area contributed by atoms with E-state index in [1.807, 2.05) is 26.0 Å². The highest BCUT2D eigenvalue weighted by Gasteiger charge is 2.23. The van der Waals surface area contributed by atoms with Crippen LogP contribution in [0.2, 0.25) is 0 Å². The molecule has 0 atom stereocenters. The fraction of sp³-hybridized carbons (Fsp3) is 0.579. The lowest BCUT2D eigenvalue weighted by Crippen LogP contribution is -2.37. The first-order valence-electron chi connectivity index (χ1n) is 9.80. The third-order valence-electron chi connectivity index (χ3n) is 4.42. The Hall–Kier alpha value is -1.91. The van der Waals surface area contributed by atoms with Crippen LogP contribution in [0.25, 0.3) is 0 Å². The summed E-state index contributed by atoms with van der Waals surface area (Å²) >= 11 is 1.32. The standard InChI is InChI=1S/C19H31N5O3S2/c1-6-24(7-2)29(25,26)18-9-8-16(28-18)10-11-21-19(20-5)22-13-15-12-17(14(3)4)23-27-15/h8-9,12,14H,6-7,10-11,13H2,1-5H3,(H2,20,21,22). The highest BCUT2D eigenvalue weighted by Crippen LogP contribution is 2.25. The molecule has 2 aromatic rings. The quantitative estimate of drug-likeness (QED) is 0.434. The van der Waals surface area contributed by atoms with Gasteiger partial charge in [0.1, 0.15) is 4.21 Å². The van der Waals surface area contributed by atoms with Crippen LogP contribution in [0.1, 0.15) is 49.9 Å². The molecular weight excluding hydrogens is 410 g/mol. The van der Waals surface area contributed by atoms with E-state index >= 15 is 0 Å². The molecule has 162 valence electrons. The molecule has 0 amide bonds. The van der Waals surface area contributed by atoms with Gasteiger partial charge in [-0.25, -0.2) is 8.42 Å². The number of hydrogen-bond acceptors (Lipinski definition) is 6. The van der Waals surface area contributed by atoms with Crippen LogP contribution in [-0.4, -0.2) is 50.5 Å². The van der Waals surface area contributed by atoms with Crippen LogP contribution in [0, 0.1) is 0 Å². The molecule has 0 aliphatic heterocycles. The van der Waals surface area contributed by atoms with Crippen molar-refractivity contribution >= 4 is 27.3 Å². The van der Waals surface area contributed by atoms with E-state index in [9.17, 15) is 8.42 Å². The van der Waals surface area contributed by atoms with Crippen molar-refractivity contribution in [3.8, 4) is 0 Å². The number of nitrogens with zero attached hydrogens (tertiary/aromatic N) is 3. The minimum absolute atomic E-state index is 0.325. The van der Waals surface area contributed by atoms with Crippen LogP contribution in [0.15, 0.2) is 31.9 Å². The molecule has 0 saturated carbocycles. The van der Waals surface area contributed by atoms with Crippen LogP contribution in [0.4, 0.5) is 0 Å². The van der Waals surface area contributed by atoms with Gasteiger partial charge >= 0.3 is 0 Å². The van der Waals surface area contributed by atoms with Crippen molar-refractivity contribution < 1.29 is 12.9 Å². The van der Waals surface area contributed by atoms with Gasteiger partial charge in [0.05, 0.1) is 12.2 Å². The zero-order valence-corrected chi connectivity index (χ0v) is 19.4. The first-order chi connectivity index (χ1) is 13.8. The first-order valence-corrected chi connectivity index (χ1v) is 12.1. The Balaban J connectivity index is 1.84. The van der Waals surface area contributed by atoms with Gasteiger partial charge in [-0.15, -0.1) is 11.3 Å². The van der Waals surface area contributed by atoms with Gasteiger partial charge in [0.15, 0.2) is 11.7 Å². The number of hydrogen-bond donors (Lipinski definition) is 2. The second-order valence-electron chi connectivity index (χ2n) is 6.79. The average Bonchev–Trinajstić information content (AvgIpc) is 3.35. The molecule has 0 spiro atoms. The topological polar surface area (TPSA) is 99.8 Å². The Kier molecular flexibility index (Phi) is 8.66. The zero-order valence-electron chi connectivity index (χ0n) is 17.7. The predicted octanol–water partition coefficient (Wildman–Crippen LogP) is 2.80. The fourth-order valence-corrected chi connectivity index (χ4v) is 5.67. The molecule has 0 fully saturated rings. The maximum absolute atomic E-state index is 12.6. The van der Waals surface area contributed by atoms with E-state index in [4.69, 9.17) is 4.52 Å². The lowest BCUT2D eigenvalue weighted by Gasteiger charge is -2.16. The number of nitrogens with one attached hydrogen (secondary N) is 2. The van der Waals surface area contributed by atoms with Crippen molar-refractivity contribution in [2.45, 2.75) is 50.8 Å². The molecule has 0 bridgehead atoms. The zero-order chi connectivity index (χ0) is 21.4. The van der Waals surface area contributed by atoms with E-state index in [1.54, 1.807) is 13.1 Å². The Morgan fingerprint density at radius 3 is 2.59 bits per heavy atom. The summed E-state index contributed by atoms with van der Waals surface area (Å²) in [7, 11) is -1.69. The van der Waals surface area contributed by atoms with E-state index in [0.29, 0.717) is 48.7 Å². The molecule has 2 aromatic heterocycles. The molecule has 2 heterocycles. The summed E-state index contributed by atoms with van der Waals surface area (Å²) < 4.78 is 32.3. The molecule has 0 aliphatic rings. The summed E-state index contributed by atoms with van der Waals surface area (Å²) in [6.45, 7) is 9.90. The number of aromatic nitrogens is 1. The van der Waals surface area contributed by atoms with E-state index < -0.39 is 10.0 Å². The van der Waals surface area contributed by atoms with Gasteiger partial charge in [-0.3, -0.25) is 4.99 Å². The van der Waals surface area contributed by atoms with Crippen molar-refractivity contribution in [1.82, 2.24) is 20.1 Å². The molecule has 0 aromatic carbocycles. The van der Waals surface area contributed by atoms with Crippen molar-refractivity contribution in [3.05, 3.63) is 34.5 Å². The van der Waals surface area contributed by atoms with Crippen LogP contribution >= 0.6 is 11.3 Å². The fourth-order valence-electron chi connectivity index (χ4n) is 2.70. The van der Waals surface area contributed by atoms with Crippen LogP contribution in [0.3, 0.4) is 0 Å². The summed E-state index contributed by atoms with van der Waals surface area (Å²) in [5.41, 5.74) is 0.929. The molecule has 2 N–H and O–H groups in total. The predicted molar refractivity (Wildman–Crippen MR) is 117 cm³/mol. The Bertz CT molecular complexity index is 899. The Labute approximate surface area is 177 Å². The van der Waals surface area contributed by atoms with Crippen molar-refractivity contribution in [1.29, 1.82) is 0 Å². The number of rotatable bonds is 10. The maximum Gasteiger partial charge on any atom is 0.252 e. The third-order valence-corrected chi connectivity index (χ3v) is 8.09. The normalized spacial score (nSPS) is 12.7. The van der Waals surface area contributed by atoms with Gasteiger partial charge in [-0.05, 0) is 24.5 Å². The van der Waals surface area contributed by atoms with E-state index in [2.05, 4.69) is 34.6 Å². The number of guanidine groups is 1. The summed E-state index contributed by atoms with van der Waals surface area (Å²) in [6, 6.07) is 5.51. The van der Waals surface area contributed by atoms with Crippen molar-refractivity contribution in [3.63, 3.8) is 0 Å². The van der Waals surface area contributed by atoms with E-state index in [1.165, 1.54) is 15.6 Å². The van der Waals surface area contributed by atoms with E-state index in [0.717, 1.165) is 16.3 Å². The van der Waals surface area contributed by atoms with Gasteiger partial charge < -0.3 is 15.2 Å². The van der Waals surface area contributed by atoms with Crippen LogP contribution in [-0.2, 0) is 23.0 Å². The van der Waals surface area contributed by atoms with Gasteiger partial charge in [-0.1, -0.05) is 32.9 Å². The minimum Gasteiger partial charge on any atom is -0.359 e. The Morgan fingerprint density at radius 1 is 1.28 bits per heavy atom. The molecular formula is C19H31N5O3S2. The molecule has 0 saturated heterocycles. The van der Waals surface area contributed by atoms with Gasteiger partial charge in [0.2, 0.25) is 0 Å². The second-order valence-corrected chi connectivity index (χ2v) is 10.1. The van der Waals surface area contributed by atoms with Gasteiger partial charge in [-0.2, -0.15) is 4.31 Å². The number of sulfonamides is 1. The molecule has 0 aliphatic carbocycles. The van der Waals surface area contributed by atoms with Crippen molar-refractivity contribution in [2.75, 3.05) is 26.7 Å². The SMILES string of the molecule is CCN(CC)S(=O)(=O)c1ccc(CCNC(=NC)NCc2cc(C(C)C)no2)s1. The van der Waals surface area contributed by atoms with Crippen molar-refractivity contribution in [2.24, 2.45) is 4.99 Å². The van der Waals surface area contributed by atoms with Crippen LogP contribution < -0.4 is 10.6 Å². The highest BCUT2D eigenvalue weighted by molar-refractivity contribution is 7.91. The Morgan fingerprint density at radius 2 is 2.00 bits per heavy atom. The molecule has 10 heteroatoms. The van der Waals surface area contributed by atoms with Gasteiger partial charge in [0.25, 0.3) is 10.0 Å². The lowest BCUT2D eigenvalue weighted by molar-refractivity contribution is 0.372. The minimum atomic E-state index is -3.39. The van der Waals surface area contributed by atoms with E-state index in [-0.39, 0.29) is 0 Å². The molecule has 2 rings (SSSR count). The third kappa shape index (κ3) is 6.28. The largest absolute Gasteiger partial charge is 0.359 e. The summed E-state index contributed by atoms with van der Waals surface area (Å²) in [4.78, 5) is 5.21. The first kappa shape index (κ1) is 23.4. The molecule has 29 heavy (non-hydrogen) atoms. The van der Waals surface area contributed by atoms with Crippen LogP contribution in [0.5, 0.6) is 0 Å². The lowest BCUT2D eigenvalue weighted by atomic mass is 10.1. The summed E-state index contributed by atoms with van der Waals surface area (Å²) in [5, 5.41) is 10.5. The number of thiophene rings is 1. The summed E-state index contributed by atoms with van der Waals surface area (Å²) in [6.07, 6.45) is 0.707. The average molecular weight is 442 g/mol. The number of aliphatic imine (C=N–C) groups is 1.